The maximum absolute atomic E-state index is 4.52. The van der Waals surface area contributed by atoms with Crippen molar-refractivity contribution in [3.05, 3.63) is 41.1 Å². The Morgan fingerprint density at radius 1 is 1.05 bits per heavy atom. The second kappa shape index (κ2) is 6.37. The van der Waals surface area contributed by atoms with E-state index >= 15 is 0 Å². The highest BCUT2D eigenvalue weighted by molar-refractivity contribution is 5.63. The molecule has 106 valence electrons. The third kappa shape index (κ3) is 3.47. The molecule has 0 amide bonds. The Kier molecular flexibility index (Phi) is 4.56. The molecule has 0 atom stereocenters. The summed E-state index contributed by atoms with van der Waals surface area (Å²) >= 11 is 0. The zero-order chi connectivity index (χ0) is 14.5. The summed E-state index contributed by atoms with van der Waals surface area (Å²) < 4.78 is 0. The van der Waals surface area contributed by atoms with Crippen molar-refractivity contribution in [2.45, 2.75) is 34.1 Å². The van der Waals surface area contributed by atoms with Crippen LogP contribution in [0.5, 0.6) is 0 Å². The molecule has 4 nitrogen and oxygen atoms in total. The fourth-order valence-electron chi connectivity index (χ4n) is 2.09. The summed E-state index contributed by atoms with van der Waals surface area (Å²) in [7, 11) is 0. The van der Waals surface area contributed by atoms with Crippen molar-refractivity contribution in [3.8, 4) is 0 Å². The zero-order valence-electron chi connectivity index (χ0n) is 12.6. The van der Waals surface area contributed by atoms with E-state index in [9.17, 15) is 0 Å². The smallest absolute Gasteiger partial charge is 0.229 e. The molecule has 2 rings (SSSR count). The van der Waals surface area contributed by atoms with E-state index in [-0.39, 0.29) is 0 Å². The van der Waals surface area contributed by atoms with Crippen LogP contribution < -0.4 is 10.6 Å². The van der Waals surface area contributed by atoms with Crippen molar-refractivity contribution in [2.75, 3.05) is 17.2 Å². The topological polar surface area (TPSA) is 49.8 Å². The van der Waals surface area contributed by atoms with Gasteiger partial charge in [-0.1, -0.05) is 25.1 Å². The molecule has 1 aromatic carbocycles. The van der Waals surface area contributed by atoms with Gasteiger partial charge in [0.1, 0.15) is 5.82 Å². The van der Waals surface area contributed by atoms with Gasteiger partial charge in [-0.2, -0.15) is 4.98 Å². The molecule has 1 aromatic heterocycles. The molecule has 0 saturated heterocycles. The first-order valence-corrected chi connectivity index (χ1v) is 7.03. The van der Waals surface area contributed by atoms with Gasteiger partial charge in [0.25, 0.3) is 0 Å². The van der Waals surface area contributed by atoms with Gasteiger partial charge in [-0.15, -0.1) is 0 Å². The predicted octanol–water partition coefficient (Wildman–Crippen LogP) is 3.97. The molecule has 0 fully saturated rings. The Bertz CT molecular complexity index is 573. The second-order valence-corrected chi connectivity index (χ2v) is 5.04. The van der Waals surface area contributed by atoms with Crippen molar-refractivity contribution < 1.29 is 0 Å². The average molecular weight is 270 g/mol. The van der Waals surface area contributed by atoms with Crippen LogP contribution in [0.15, 0.2) is 24.3 Å². The van der Waals surface area contributed by atoms with Gasteiger partial charge < -0.3 is 10.6 Å². The highest BCUT2D eigenvalue weighted by Crippen LogP contribution is 2.23. The number of aryl methyl sites for hydroxylation is 3. The number of aromatic nitrogens is 2. The van der Waals surface area contributed by atoms with Gasteiger partial charge in [0.15, 0.2) is 0 Å². The lowest BCUT2D eigenvalue weighted by molar-refractivity contribution is 0.962. The van der Waals surface area contributed by atoms with Crippen LogP contribution in [-0.2, 0) is 0 Å². The van der Waals surface area contributed by atoms with Crippen LogP contribution in [0.2, 0.25) is 0 Å². The van der Waals surface area contributed by atoms with E-state index in [0.717, 1.165) is 30.2 Å². The lowest BCUT2D eigenvalue weighted by atomic mass is 10.1. The number of anilines is 3. The minimum absolute atomic E-state index is 0.640. The Hall–Kier alpha value is -2.10. The normalized spacial score (nSPS) is 10.4. The number of rotatable bonds is 5. The largest absolute Gasteiger partial charge is 0.370 e. The Labute approximate surface area is 120 Å². The Balaban J connectivity index is 2.27. The van der Waals surface area contributed by atoms with Crippen LogP contribution in [0.25, 0.3) is 0 Å². The summed E-state index contributed by atoms with van der Waals surface area (Å²) in [6.45, 7) is 9.20. The van der Waals surface area contributed by atoms with Crippen LogP contribution in [0.3, 0.4) is 0 Å². The molecular formula is C16H22N4. The summed E-state index contributed by atoms with van der Waals surface area (Å²) in [5.41, 5.74) is 4.42. The Morgan fingerprint density at radius 3 is 2.40 bits per heavy atom. The number of nitrogens with one attached hydrogen (secondary N) is 2. The van der Waals surface area contributed by atoms with Gasteiger partial charge in [0, 0.05) is 24.0 Å². The number of hydrogen-bond donors (Lipinski definition) is 2. The van der Waals surface area contributed by atoms with Gasteiger partial charge >= 0.3 is 0 Å². The number of nitrogens with zero attached hydrogens (tertiary/aromatic N) is 2. The van der Waals surface area contributed by atoms with Gasteiger partial charge in [-0.3, -0.25) is 0 Å². The fourth-order valence-corrected chi connectivity index (χ4v) is 2.09. The molecule has 1 heterocycles. The summed E-state index contributed by atoms with van der Waals surface area (Å²) in [4.78, 5) is 8.97. The highest BCUT2D eigenvalue weighted by atomic mass is 15.1. The number of benzene rings is 1. The van der Waals surface area contributed by atoms with Gasteiger partial charge in [0.2, 0.25) is 5.95 Å². The number of para-hydroxylation sites is 1. The van der Waals surface area contributed by atoms with Crippen molar-refractivity contribution in [1.82, 2.24) is 9.97 Å². The van der Waals surface area contributed by atoms with Crippen molar-refractivity contribution in [2.24, 2.45) is 0 Å². The van der Waals surface area contributed by atoms with Gasteiger partial charge in [-0.05, 0) is 38.3 Å². The summed E-state index contributed by atoms with van der Waals surface area (Å²) in [6.07, 6.45) is 1.07. The maximum Gasteiger partial charge on any atom is 0.229 e. The summed E-state index contributed by atoms with van der Waals surface area (Å²) in [5.74, 6) is 1.51. The maximum atomic E-state index is 4.52. The molecule has 0 bridgehead atoms. The zero-order valence-corrected chi connectivity index (χ0v) is 12.6. The van der Waals surface area contributed by atoms with E-state index in [1.807, 2.05) is 13.0 Å². The first-order valence-electron chi connectivity index (χ1n) is 7.03. The molecule has 4 heteroatoms. The SMILES string of the molecule is CCCNc1cc(C)nc(Nc2c(C)cccc2C)n1. The fraction of sp³-hybridized carbons (Fsp3) is 0.375. The average Bonchev–Trinajstić information content (AvgIpc) is 2.40. The van der Waals surface area contributed by atoms with E-state index in [0.29, 0.717) is 5.95 Å². The van der Waals surface area contributed by atoms with E-state index in [4.69, 9.17) is 0 Å². The lowest BCUT2D eigenvalue weighted by Gasteiger charge is -2.13. The van der Waals surface area contributed by atoms with Crippen LogP contribution in [0, 0.1) is 20.8 Å². The molecule has 0 aliphatic heterocycles. The minimum atomic E-state index is 0.640. The number of hydrogen-bond acceptors (Lipinski definition) is 4. The quantitative estimate of drug-likeness (QED) is 0.863. The van der Waals surface area contributed by atoms with Crippen LogP contribution >= 0.6 is 0 Å². The standard InChI is InChI=1S/C16H22N4/c1-5-9-17-14-10-13(4)18-16(19-14)20-15-11(2)7-6-8-12(15)3/h6-8,10H,5,9H2,1-4H3,(H2,17,18,19,20). The van der Waals surface area contributed by atoms with E-state index in [2.05, 4.69) is 59.6 Å². The molecule has 2 aromatic rings. The molecule has 0 aliphatic rings. The van der Waals surface area contributed by atoms with Crippen LogP contribution in [0.1, 0.15) is 30.2 Å². The third-order valence-electron chi connectivity index (χ3n) is 3.13. The molecule has 0 spiro atoms. The van der Waals surface area contributed by atoms with E-state index in [1.54, 1.807) is 0 Å². The molecule has 0 radical (unpaired) electrons. The van der Waals surface area contributed by atoms with Crippen molar-refractivity contribution in [3.63, 3.8) is 0 Å². The molecule has 0 saturated carbocycles. The van der Waals surface area contributed by atoms with Gasteiger partial charge in [-0.25, -0.2) is 4.98 Å². The van der Waals surface area contributed by atoms with Crippen molar-refractivity contribution >= 4 is 17.5 Å². The molecule has 2 N–H and O–H groups in total. The van der Waals surface area contributed by atoms with E-state index < -0.39 is 0 Å². The second-order valence-electron chi connectivity index (χ2n) is 5.04. The molecule has 20 heavy (non-hydrogen) atoms. The predicted molar refractivity (Wildman–Crippen MR) is 84.7 cm³/mol. The Morgan fingerprint density at radius 2 is 1.75 bits per heavy atom. The minimum Gasteiger partial charge on any atom is -0.370 e. The first-order chi connectivity index (χ1) is 9.60. The molecule has 0 aliphatic carbocycles. The monoisotopic (exact) mass is 270 g/mol. The highest BCUT2D eigenvalue weighted by Gasteiger charge is 2.06. The van der Waals surface area contributed by atoms with Crippen LogP contribution in [0.4, 0.5) is 17.5 Å². The molecule has 0 unspecified atom stereocenters. The third-order valence-corrected chi connectivity index (χ3v) is 3.13. The first kappa shape index (κ1) is 14.3. The van der Waals surface area contributed by atoms with E-state index in [1.165, 1.54) is 11.1 Å². The van der Waals surface area contributed by atoms with Crippen LogP contribution in [-0.4, -0.2) is 16.5 Å². The van der Waals surface area contributed by atoms with Gasteiger partial charge in [0.05, 0.1) is 0 Å². The van der Waals surface area contributed by atoms with Crippen molar-refractivity contribution in [1.29, 1.82) is 0 Å². The summed E-state index contributed by atoms with van der Waals surface area (Å²) in [6, 6.07) is 8.19. The lowest BCUT2D eigenvalue weighted by Crippen LogP contribution is -2.07. The summed E-state index contributed by atoms with van der Waals surface area (Å²) in [5, 5.41) is 6.64. The molecular weight excluding hydrogens is 248 g/mol.